The van der Waals surface area contributed by atoms with E-state index in [9.17, 15) is 4.79 Å². The van der Waals surface area contributed by atoms with Crippen molar-refractivity contribution in [2.75, 3.05) is 5.32 Å². The number of imidazole rings is 1. The van der Waals surface area contributed by atoms with Crippen molar-refractivity contribution in [1.82, 2.24) is 9.38 Å². The zero-order valence-corrected chi connectivity index (χ0v) is 12.6. The topological polar surface area (TPSA) is 66.6 Å². The molecule has 4 rings (SSSR count). The number of fused-ring (bicyclic) bond motifs is 1. The van der Waals surface area contributed by atoms with Crippen LogP contribution in [-0.4, -0.2) is 20.5 Å². The van der Waals surface area contributed by atoms with Crippen LogP contribution in [0.5, 0.6) is 0 Å². The maximum Gasteiger partial charge on any atom is 0.307 e. The maximum absolute atomic E-state index is 10.9. The van der Waals surface area contributed by atoms with Crippen molar-refractivity contribution in [1.29, 1.82) is 0 Å². The molecule has 6 heteroatoms. The van der Waals surface area contributed by atoms with Gasteiger partial charge in [0.05, 0.1) is 12.5 Å². The van der Waals surface area contributed by atoms with Gasteiger partial charge < -0.3 is 10.4 Å². The third-order valence-electron chi connectivity index (χ3n) is 4.05. The van der Waals surface area contributed by atoms with Crippen molar-refractivity contribution in [3.05, 3.63) is 53.3 Å². The SMILES string of the molecule is O=C(O)[C@@H]1C[C@H]1c1ccc(NCc2cn3ccnc3s2)cc1. The highest BCUT2D eigenvalue weighted by molar-refractivity contribution is 7.17. The number of benzene rings is 1. The van der Waals surface area contributed by atoms with Gasteiger partial charge >= 0.3 is 5.97 Å². The maximum atomic E-state index is 10.9. The van der Waals surface area contributed by atoms with Gasteiger partial charge in [0, 0.05) is 29.2 Å². The first-order valence-electron chi connectivity index (χ1n) is 7.19. The minimum atomic E-state index is -0.685. The van der Waals surface area contributed by atoms with Crippen LogP contribution >= 0.6 is 11.3 Å². The summed E-state index contributed by atoms with van der Waals surface area (Å²) in [6, 6.07) is 8.09. The summed E-state index contributed by atoms with van der Waals surface area (Å²) in [6.07, 6.45) is 6.58. The van der Waals surface area contributed by atoms with Crippen molar-refractivity contribution < 1.29 is 9.90 Å². The molecule has 2 atom stereocenters. The number of carboxylic acids is 1. The molecule has 1 aromatic carbocycles. The molecule has 1 saturated carbocycles. The molecule has 2 heterocycles. The van der Waals surface area contributed by atoms with Gasteiger partial charge in [0.15, 0.2) is 4.96 Å². The van der Waals surface area contributed by atoms with Crippen LogP contribution in [0.3, 0.4) is 0 Å². The summed E-state index contributed by atoms with van der Waals surface area (Å²) >= 11 is 1.67. The zero-order valence-electron chi connectivity index (χ0n) is 11.8. The first-order chi connectivity index (χ1) is 10.7. The molecule has 2 aromatic heterocycles. The number of carboxylic acid groups (broad SMARTS) is 1. The molecular weight excluding hydrogens is 298 g/mol. The number of hydrogen-bond acceptors (Lipinski definition) is 4. The Morgan fingerprint density at radius 1 is 1.41 bits per heavy atom. The zero-order chi connectivity index (χ0) is 15.1. The minimum absolute atomic E-state index is 0.191. The normalized spacial score (nSPS) is 20.2. The summed E-state index contributed by atoms with van der Waals surface area (Å²) in [4.78, 5) is 17.4. The second-order valence-electron chi connectivity index (χ2n) is 5.58. The van der Waals surface area contributed by atoms with Gasteiger partial charge in [-0.25, -0.2) is 4.98 Å². The Balaban J connectivity index is 1.39. The number of nitrogens with zero attached hydrogens (tertiary/aromatic N) is 2. The van der Waals surface area contributed by atoms with Gasteiger partial charge in [0.2, 0.25) is 0 Å². The molecule has 1 aliphatic carbocycles. The van der Waals surface area contributed by atoms with E-state index >= 15 is 0 Å². The molecule has 0 bridgehead atoms. The van der Waals surface area contributed by atoms with Crippen LogP contribution in [0.25, 0.3) is 4.96 Å². The van der Waals surface area contributed by atoms with Crippen LogP contribution < -0.4 is 5.32 Å². The molecule has 0 radical (unpaired) electrons. The van der Waals surface area contributed by atoms with Gasteiger partial charge in [0.1, 0.15) is 0 Å². The third kappa shape index (κ3) is 2.46. The molecule has 0 aliphatic heterocycles. The van der Waals surface area contributed by atoms with E-state index in [1.165, 1.54) is 4.88 Å². The fourth-order valence-corrected chi connectivity index (χ4v) is 3.61. The number of aliphatic carboxylic acids is 1. The highest BCUT2D eigenvalue weighted by Gasteiger charge is 2.43. The van der Waals surface area contributed by atoms with Crippen molar-refractivity contribution in [3.8, 4) is 0 Å². The Labute approximate surface area is 131 Å². The number of anilines is 1. The number of hydrogen-bond donors (Lipinski definition) is 2. The summed E-state index contributed by atoms with van der Waals surface area (Å²) in [7, 11) is 0. The van der Waals surface area contributed by atoms with E-state index < -0.39 is 5.97 Å². The number of carbonyl (C=O) groups is 1. The Morgan fingerprint density at radius 2 is 2.23 bits per heavy atom. The van der Waals surface area contributed by atoms with Gasteiger partial charge in [-0.2, -0.15) is 0 Å². The van der Waals surface area contributed by atoms with Crippen LogP contribution in [0.1, 0.15) is 22.8 Å². The lowest BCUT2D eigenvalue weighted by Gasteiger charge is -2.06. The Hall–Kier alpha value is -2.34. The van der Waals surface area contributed by atoms with E-state index in [0.29, 0.717) is 0 Å². The fourth-order valence-electron chi connectivity index (χ4n) is 2.73. The summed E-state index contributed by atoms with van der Waals surface area (Å²) in [6.45, 7) is 0.758. The smallest absolute Gasteiger partial charge is 0.307 e. The van der Waals surface area contributed by atoms with E-state index in [0.717, 1.165) is 29.2 Å². The Morgan fingerprint density at radius 3 is 2.91 bits per heavy atom. The van der Waals surface area contributed by atoms with Crippen molar-refractivity contribution in [3.63, 3.8) is 0 Å². The number of nitrogens with one attached hydrogen (secondary N) is 1. The van der Waals surface area contributed by atoms with E-state index in [2.05, 4.69) is 16.5 Å². The Bertz CT molecular complexity index is 793. The number of aromatic nitrogens is 2. The summed E-state index contributed by atoms with van der Waals surface area (Å²) in [5.74, 6) is -0.687. The predicted octanol–water partition coefficient (Wildman–Crippen LogP) is 3.20. The quantitative estimate of drug-likeness (QED) is 0.759. The standard InChI is InChI=1S/C16H15N3O2S/c20-15(21)14-7-13(14)10-1-3-11(4-2-10)18-8-12-9-19-6-5-17-16(19)22-12/h1-6,9,13-14,18H,7-8H2,(H,20,21)/t13-,14+/m0/s1. The first-order valence-corrected chi connectivity index (χ1v) is 8.00. The largest absolute Gasteiger partial charge is 0.481 e. The fraction of sp³-hybridized carbons (Fsp3) is 0.250. The summed E-state index contributed by atoms with van der Waals surface area (Å²) in [5.41, 5.74) is 2.16. The van der Waals surface area contributed by atoms with Crippen LogP contribution in [0, 0.1) is 5.92 Å². The molecule has 112 valence electrons. The lowest BCUT2D eigenvalue weighted by Crippen LogP contribution is -2.00. The van der Waals surface area contributed by atoms with Crippen LogP contribution in [0.2, 0.25) is 0 Å². The second kappa shape index (κ2) is 5.14. The van der Waals surface area contributed by atoms with E-state index in [4.69, 9.17) is 5.11 Å². The third-order valence-corrected chi connectivity index (χ3v) is 5.06. The summed E-state index contributed by atoms with van der Waals surface area (Å²) < 4.78 is 2.02. The average Bonchev–Trinajstić information content (AvgIpc) is 3.05. The predicted molar refractivity (Wildman–Crippen MR) is 85.3 cm³/mol. The minimum Gasteiger partial charge on any atom is -0.481 e. The molecule has 0 unspecified atom stereocenters. The van der Waals surface area contributed by atoms with E-state index in [1.54, 1.807) is 17.5 Å². The lowest BCUT2D eigenvalue weighted by molar-refractivity contribution is -0.138. The first kappa shape index (κ1) is 13.3. The van der Waals surface area contributed by atoms with Crippen molar-refractivity contribution in [2.45, 2.75) is 18.9 Å². The molecule has 0 spiro atoms. The highest BCUT2D eigenvalue weighted by Crippen LogP contribution is 2.47. The molecule has 1 aliphatic rings. The van der Waals surface area contributed by atoms with Gasteiger partial charge in [-0.1, -0.05) is 23.5 Å². The molecule has 3 aromatic rings. The van der Waals surface area contributed by atoms with Crippen LogP contribution in [-0.2, 0) is 11.3 Å². The van der Waals surface area contributed by atoms with Crippen LogP contribution in [0.15, 0.2) is 42.9 Å². The molecule has 2 N–H and O–H groups in total. The molecule has 22 heavy (non-hydrogen) atoms. The highest BCUT2D eigenvalue weighted by atomic mass is 32.1. The molecule has 5 nitrogen and oxygen atoms in total. The second-order valence-corrected chi connectivity index (χ2v) is 6.67. The number of thiazole rings is 1. The molecule has 1 fully saturated rings. The van der Waals surface area contributed by atoms with Crippen molar-refractivity contribution in [2.24, 2.45) is 5.92 Å². The molecule has 0 saturated heterocycles. The van der Waals surface area contributed by atoms with E-state index in [1.807, 2.05) is 34.9 Å². The average molecular weight is 313 g/mol. The lowest BCUT2D eigenvalue weighted by atomic mass is 10.1. The van der Waals surface area contributed by atoms with Crippen LogP contribution in [0.4, 0.5) is 5.69 Å². The van der Waals surface area contributed by atoms with Gasteiger partial charge in [-0.15, -0.1) is 0 Å². The van der Waals surface area contributed by atoms with Gasteiger partial charge in [0.25, 0.3) is 0 Å². The molecule has 0 amide bonds. The monoisotopic (exact) mass is 313 g/mol. The number of rotatable bonds is 5. The van der Waals surface area contributed by atoms with Crippen molar-refractivity contribution >= 4 is 28.0 Å². The van der Waals surface area contributed by atoms with Gasteiger partial charge in [-0.05, 0) is 30.0 Å². The summed E-state index contributed by atoms with van der Waals surface area (Å²) in [5, 5.41) is 12.4. The van der Waals surface area contributed by atoms with E-state index in [-0.39, 0.29) is 11.8 Å². The Kier molecular flexibility index (Phi) is 3.11. The molecular formula is C16H15N3O2S. The van der Waals surface area contributed by atoms with Gasteiger partial charge in [-0.3, -0.25) is 9.20 Å².